The number of hydrogen-bond acceptors (Lipinski definition) is 4. The van der Waals surface area contributed by atoms with Crippen molar-refractivity contribution in [1.82, 2.24) is 10.2 Å². The number of rotatable bonds is 12. The molecule has 3 rings (SSSR count). The first kappa shape index (κ1) is 30.7. The summed E-state index contributed by atoms with van der Waals surface area (Å²) in [5, 5.41) is 3.31. The Labute approximate surface area is 244 Å². The Balaban J connectivity index is 2.07. The van der Waals surface area contributed by atoms with Gasteiger partial charge >= 0.3 is 0 Å². The van der Waals surface area contributed by atoms with Gasteiger partial charge in [-0.05, 0) is 54.3 Å². The number of nitrogens with one attached hydrogen (secondary N) is 1. The molecule has 3 aromatic carbocycles. The number of amides is 2. The van der Waals surface area contributed by atoms with Crippen molar-refractivity contribution in [1.29, 1.82) is 0 Å². The fourth-order valence-electron chi connectivity index (χ4n) is 4.21. The summed E-state index contributed by atoms with van der Waals surface area (Å²) < 4.78 is 27.7. The molecule has 3 aromatic rings. The predicted octanol–water partition coefficient (Wildman–Crippen LogP) is 5.34. The van der Waals surface area contributed by atoms with Crippen molar-refractivity contribution in [2.45, 2.75) is 39.3 Å². The monoisotopic (exact) mass is 633 g/mol. The fourth-order valence-corrected chi connectivity index (χ4v) is 5.73. The van der Waals surface area contributed by atoms with Crippen molar-refractivity contribution in [2.75, 3.05) is 23.7 Å². The Kier molecular flexibility index (Phi) is 11.0. The summed E-state index contributed by atoms with van der Waals surface area (Å²) in [6.45, 7) is 3.74. The third kappa shape index (κ3) is 8.55. The normalized spacial score (nSPS) is 12.0. The minimum atomic E-state index is -3.87. The maximum Gasteiger partial charge on any atom is 0.244 e. The first-order valence-corrected chi connectivity index (χ1v) is 15.6. The molecule has 10 heteroatoms. The molecule has 0 aliphatic carbocycles. The molecule has 0 saturated heterocycles. The Morgan fingerprint density at radius 2 is 1.67 bits per heavy atom. The minimum absolute atomic E-state index is 0.113. The van der Waals surface area contributed by atoms with Crippen LogP contribution in [0.5, 0.6) is 0 Å². The van der Waals surface area contributed by atoms with E-state index in [0.29, 0.717) is 22.8 Å². The number of halogens is 2. The van der Waals surface area contributed by atoms with Crippen LogP contribution in [0.1, 0.15) is 30.0 Å². The van der Waals surface area contributed by atoms with Gasteiger partial charge in [0.05, 0.1) is 11.9 Å². The van der Waals surface area contributed by atoms with E-state index in [9.17, 15) is 18.0 Å². The zero-order valence-electron chi connectivity index (χ0n) is 22.2. The van der Waals surface area contributed by atoms with Gasteiger partial charge in [-0.2, -0.15) is 0 Å². The van der Waals surface area contributed by atoms with E-state index in [1.54, 1.807) is 25.1 Å². The highest BCUT2D eigenvalue weighted by Gasteiger charge is 2.33. The molecule has 0 aromatic heterocycles. The number of carbonyl (C=O) groups is 2. The molecule has 2 amide bonds. The van der Waals surface area contributed by atoms with Gasteiger partial charge in [0.1, 0.15) is 12.6 Å². The summed E-state index contributed by atoms with van der Waals surface area (Å²) in [5.74, 6) is -0.804. The van der Waals surface area contributed by atoms with Gasteiger partial charge in [0, 0.05) is 29.0 Å². The summed E-state index contributed by atoms with van der Waals surface area (Å²) >= 11 is 9.76. The number of nitrogens with zero attached hydrogens (tertiary/aromatic N) is 2. The van der Waals surface area contributed by atoms with E-state index in [-0.39, 0.29) is 18.9 Å². The lowest BCUT2D eigenvalue weighted by Crippen LogP contribution is -2.53. The van der Waals surface area contributed by atoms with E-state index in [0.717, 1.165) is 32.6 Å². The van der Waals surface area contributed by atoms with Crippen molar-refractivity contribution in [3.05, 3.63) is 99.0 Å². The fraction of sp³-hybridized carbons (Fsp3) is 0.310. The van der Waals surface area contributed by atoms with Gasteiger partial charge in [-0.25, -0.2) is 8.42 Å². The molecule has 0 radical (unpaired) electrons. The van der Waals surface area contributed by atoms with Gasteiger partial charge in [-0.15, -0.1) is 0 Å². The van der Waals surface area contributed by atoms with Crippen LogP contribution in [-0.2, 0) is 32.6 Å². The smallest absolute Gasteiger partial charge is 0.244 e. The molecule has 0 heterocycles. The summed E-state index contributed by atoms with van der Waals surface area (Å²) in [6.07, 6.45) is 2.05. The van der Waals surface area contributed by atoms with Crippen LogP contribution in [0.4, 0.5) is 5.69 Å². The molecule has 1 atom stereocenters. The lowest BCUT2D eigenvalue weighted by molar-refractivity contribution is -0.140. The van der Waals surface area contributed by atoms with Crippen molar-refractivity contribution in [2.24, 2.45) is 0 Å². The first-order chi connectivity index (χ1) is 18.5. The molecule has 0 fully saturated rings. The largest absolute Gasteiger partial charge is 0.354 e. The van der Waals surface area contributed by atoms with Crippen LogP contribution in [0.3, 0.4) is 0 Å². The third-order valence-corrected chi connectivity index (χ3v) is 8.28. The van der Waals surface area contributed by atoms with E-state index in [4.69, 9.17) is 11.6 Å². The van der Waals surface area contributed by atoms with Gasteiger partial charge in [0.15, 0.2) is 0 Å². The summed E-state index contributed by atoms with van der Waals surface area (Å²) in [5.41, 5.74) is 2.53. The van der Waals surface area contributed by atoms with Gasteiger partial charge in [-0.1, -0.05) is 83.0 Å². The molecular weight excluding hydrogens is 602 g/mol. The van der Waals surface area contributed by atoms with Gasteiger partial charge in [0.2, 0.25) is 21.8 Å². The highest BCUT2D eigenvalue weighted by atomic mass is 79.9. The first-order valence-electron chi connectivity index (χ1n) is 12.6. The molecule has 0 aliphatic rings. The van der Waals surface area contributed by atoms with Gasteiger partial charge in [0.25, 0.3) is 0 Å². The summed E-state index contributed by atoms with van der Waals surface area (Å²) in [6, 6.07) is 21.0. The highest BCUT2D eigenvalue weighted by Crippen LogP contribution is 2.28. The number of carbonyl (C=O) groups excluding carboxylic acids is 2. The predicted molar refractivity (Wildman–Crippen MR) is 160 cm³/mol. The quantitative estimate of drug-likeness (QED) is 0.291. The molecule has 0 aliphatic heterocycles. The lowest BCUT2D eigenvalue weighted by Gasteiger charge is -2.34. The Bertz CT molecular complexity index is 1400. The third-order valence-electron chi connectivity index (χ3n) is 6.25. The zero-order valence-corrected chi connectivity index (χ0v) is 25.4. The molecule has 0 saturated carbocycles. The maximum atomic E-state index is 14.1. The zero-order chi connectivity index (χ0) is 28.6. The van der Waals surface area contributed by atoms with Crippen molar-refractivity contribution in [3.8, 4) is 0 Å². The lowest BCUT2D eigenvalue weighted by atomic mass is 10.0. The van der Waals surface area contributed by atoms with Crippen LogP contribution < -0.4 is 9.62 Å². The average molecular weight is 635 g/mol. The molecular formula is C29H33BrClN3O4S. The van der Waals surface area contributed by atoms with E-state index in [1.165, 1.54) is 4.90 Å². The van der Waals surface area contributed by atoms with Crippen molar-refractivity contribution < 1.29 is 18.0 Å². The van der Waals surface area contributed by atoms with Crippen molar-refractivity contribution >= 4 is 55.1 Å². The molecule has 0 bridgehead atoms. The Hall–Kier alpha value is -2.88. The van der Waals surface area contributed by atoms with Crippen LogP contribution in [0.25, 0.3) is 0 Å². The summed E-state index contributed by atoms with van der Waals surface area (Å²) in [7, 11) is -3.87. The van der Waals surface area contributed by atoms with E-state index in [2.05, 4.69) is 21.2 Å². The van der Waals surface area contributed by atoms with Crippen LogP contribution in [0.2, 0.25) is 5.02 Å². The van der Waals surface area contributed by atoms with E-state index >= 15 is 0 Å². The van der Waals surface area contributed by atoms with Crippen LogP contribution >= 0.6 is 27.5 Å². The topological polar surface area (TPSA) is 86.8 Å². The number of sulfonamides is 1. The Morgan fingerprint density at radius 1 is 1.00 bits per heavy atom. The molecule has 0 spiro atoms. The molecule has 208 valence electrons. The minimum Gasteiger partial charge on any atom is -0.354 e. The second-order valence-electron chi connectivity index (χ2n) is 9.30. The second kappa shape index (κ2) is 14.0. The van der Waals surface area contributed by atoms with Crippen molar-refractivity contribution in [3.63, 3.8) is 0 Å². The van der Waals surface area contributed by atoms with Crippen LogP contribution in [0.15, 0.2) is 77.3 Å². The average Bonchev–Trinajstić information content (AvgIpc) is 2.89. The van der Waals surface area contributed by atoms with E-state index in [1.807, 2.05) is 61.5 Å². The van der Waals surface area contributed by atoms with Crippen LogP contribution in [-0.4, -0.2) is 50.5 Å². The molecule has 0 unspecified atom stereocenters. The number of hydrogen-bond donors (Lipinski definition) is 1. The van der Waals surface area contributed by atoms with Gasteiger partial charge in [-0.3, -0.25) is 13.9 Å². The van der Waals surface area contributed by atoms with Gasteiger partial charge < -0.3 is 10.2 Å². The highest BCUT2D eigenvalue weighted by molar-refractivity contribution is 9.10. The molecule has 1 N–H and O–H groups in total. The SMILES string of the molecule is CCCNC(=O)[C@H](Cc1ccccc1)N(Cc1cccc(Br)c1)C(=O)CN(c1cccc(Cl)c1C)S(C)(=O)=O. The van der Waals surface area contributed by atoms with Crippen LogP contribution in [0, 0.1) is 6.92 Å². The summed E-state index contributed by atoms with van der Waals surface area (Å²) in [4.78, 5) is 29.0. The number of anilines is 1. The molecule has 39 heavy (non-hydrogen) atoms. The molecule has 7 nitrogen and oxygen atoms in total. The second-order valence-corrected chi connectivity index (χ2v) is 12.5. The van der Waals surface area contributed by atoms with E-state index < -0.39 is 28.5 Å². The standard InChI is InChI=1S/C29H33BrClN3O4S/c1-4-16-32-29(36)27(18-22-10-6-5-7-11-22)33(19-23-12-8-13-24(30)17-23)28(35)20-34(39(3,37)38)26-15-9-14-25(31)21(26)2/h5-15,17,27H,4,16,18-20H2,1-3H3,(H,32,36)/t27-/m0/s1. The number of benzene rings is 3. The maximum absolute atomic E-state index is 14.1. The Morgan fingerprint density at radius 3 is 2.31 bits per heavy atom.